The van der Waals surface area contributed by atoms with Gasteiger partial charge in [0.25, 0.3) is 0 Å². The summed E-state index contributed by atoms with van der Waals surface area (Å²) in [6, 6.07) is 0. The largest absolute Gasteiger partial charge is 0.395 e. The van der Waals surface area contributed by atoms with Crippen LogP contribution in [0.3, 0.4) is 0 Å². The van der Waals surface area contributed by atoms with Crippen molar-refractivity contribution in [2.24, 2.45) is 5.92 Å². The Bertz CT molecular complexity index is 204. The van der Waals surface area contributed by atoms with Crippen molar-refractivity contribution in [1.29, 1.82) is 0 Å². The quantitative estimate of drug-likeness (QED) is 0.528. The molecular formula is C13H26N2O. The van der Waals surface area contributed by atoms with Crippen molar-refractivity contribution in [3.8, 4) is 0 Å². The van der Waals surface area contributed by atoms with E-state index < -0.39 is 0 Å². The summed E-state index contributed by atoms with van der Waals surface area (Å²) in [5, 5.41) is 12.3. The molecule has 0 unspecified atom stereocenters. The van der Waals surface area contributed by atoms with Gasteiger partial charge in [0.05, 0.1) is 6.61 Å². The Kier molecular flexibility index (Phi) is 6.69. The van der Waals surface area contributed by atoms with Crippen LogP contribution in [0.15, 0.2) is 11.6 Å². The molecule has 3 heteroatoms. The minimum absolute atomic E-state index is 0.295. The number of nitrogens with zero attached hydrogens (tertiary/aromatic N) is 1. The Morgan fingerprint density at radius 1 is 1.38 bits per heavy atom. The number of aliphatic hydroxyl groups is 1. The minimum Gasteiger partial charge on any atom is -0.395 e. The van der Waals surface area contributed by atoms with E-state index in [2.05, 4.69) is 30.1 Å². The standard InChI is InChI=1S/C13H26N2O/c1-12(2)3-6-14-11-13-4-7-15(8-5-13)9-10-16/h3,13-14,16H,4-11H2,1-2H3. The smallest absolute Gasteiger partial charge is 0.0558 e. The zero-order chi connectivity index (χ0) is 11.8. The monoisotopic (exact) mass is 226 g/mol. The van der Waals surface area contributed by atoms with E-state index in [0.717, 1.165) is 38.6 Å². The third-order valence-corrected chi connectivity index (χ3v) is 3.21. The maximum atomic E-state index is 8.85. The fraction of sp³-hybridized carbons (Fsp3) is 0.846. The topological polar surface area (TPSA) is 35.5 Å². The van der Waals surface area contributed by atoms with E-state index in [-0.39, 0.29) is 0 Å². The molecular weight excluding hydrogens is 200 g/mol. The number of hydrogen-bond donors (Lipinski definition) is 2. The molecule has 0 radical (unpaired) electrons. The van der Waals surface area contributed by atoms with Gasteiger partial charge in [0.2, 0.25) is 0 Å². The van der Waals surface area contributed by atoms with Gasteiger partial charge >= 0.3 is 0 Å². The van der Waals surface area contributed by atoms with Crippen LogP contribution in [0.5, 0.6) is 0 Å². The molecule has 1 aliphatic heterocycles. The summed E-state index contributed by atoms with van der Waals surface area (Å²) >= 11 is 0. The van der Waals surface area contributed by atoms with Crippen LogP contribution in [-0.4, -0.2) is 49.3 Å². The highest BCUT2D eigenvalue weighted by Crippen LogP contribution is 2.15. The number of allylic oxidation sites excluding steroid dienone is 1. The van der Waals surface area contributed by atoms with Crippen molar-refractivity contribution in [2.75, 3.05) is 39.3 Å². The maximum absolute atomic E-state index is 8.85. The molecule has 0 spiro atoms. The Morgan fingerprint density at radius 3 is 2.62 bits per heavy atom. The fourth-order valence-electron chi connectivity index (χ4n) is 2.12. The number of nitrogens with one attached hydrogen (secondary N) is 1. The molecule has 0 saturated carbocycles. The number of rotatable bonds is 6. The van der Waals surface area contributed by atoms with Gasteiger partial charge in [-0.05, 0) is 52.2 Å². The molecule has 0 aromatic carbocycles. The number of β-amino-alcohol motifs (C(OH)–C–C–N with tert-alkyl or cyclic N) is 1. The van der Waals surface area contributed by atoms with Crippen molar-refractivity contribution in [3.63, 3.8) is 0 Å². The lowest BCUT2D eigenvalue weighted by Crippen LogP contribution is -2.38. The average molecular weight is 226 g/mol. The van der Waals surface area contributed by atoms with Crippen LogP contribution in [0.4, 0.5) is 0 Å². The normalized spacial score (nSPS) is 18.7. The van der Waals surface area contributed by atoms with Gasteiger partial charge in [-0.15, -0.1) is 0 Å². The van der Waals surface area contributed by atoms with Crippen molar-refractivity contribution in [2.45, 2.75) is 26.7 Å². The SMILES string of the molecule is CC(C)=CCNCC1CCN(CCO)CC1. The van der Waals surface area contributed by atoms with E-state index in [1.54, 1.807) is 0 Å². The first-order valence-electron chi connectivity index (χ1n) is 6.39. The predicted octanol–water partition coefficient (Wildman–Crippen LogP) is 1.25. The Labute approximate surface area is 99.5 Å². The molecule has 16 heavy (non-hydrogen) atoms. The van der Waals surface area contributed by atoms with Gasteiger partial charge in [-0.1, -0.05) is 11.6 Å². The number of piperidine rings is 1. The fourth-order valence-corrected chi connectivity index (χ4v) is 2.12. The first kappa shape index (κ1) is 13.7. The third kappa shape index (κ3) is 5.64. The van der Waals surface area contributed by atoms with Crippen LogP contribution < -0.4 is 5.32 Å². The van der Waals surface area contributed by atoms with Gasteiger partial charge in [-0.25, -0.2) is 0 Å². The second-order valence-electron chi connectivity index (χ2n) is 4.95. The molecule has 0 amide bonds. The molecule has 1 heterocycles. The second kappa shape index (κ2) is 7.82. The molecule has 0 atom stereocenters. The summed E-state index contributed by atoms with van der Waals surface area (Å²) in [7, 11) is 0. The Balaban J connectivity index is 2.06. The van der Waals surface area contributed by atoms with Gasteiger partial charge in [0.1, 0.15) is 0 Å². The molecule has 0 aliphatic carbocycles. The summed E-state index contributed by atoms with van der Waals surface area (Å²) in [5.74, 6) is 0.820. The maximum Gasteiger partial charge on any atom is 0.0558 e. The molecule has 0 aromatic rings. The minimum atomic E-state index is 0.295. The molecule has 2 N–H and O–H groups in total. The van der Waals surface area contributed by atoms with E-state index >= 15 is 0 Å². The Morgan fingerprint density at radius 2 is 2.06 bits per heavy atom. The predicted molar refractivity (Wildman–Crippen MR) is 68.6 cm³/mol. The van der Waals surface area contributed by atoms with Gasteiger partial charge in [0, 0.05) is 13.1 Å². The van der Waals surface area contributed by atoms with Crippen LogP contribution in [0, 0.1) is 5.92 Å². The lowest BCUT2D eigenvalue weighted by atomic mass is 9.97. The zero-order valence-corrected chi connectivity index (χ0v) is 10.7. The zero-order valence-electron chi connectivity index (χ0n) is 10.7. The van der Waals surface area contributed by atoms with E-state index in [1.165, 1.54) is 18.4 Å². The summed E-state index contributed by atoms with van der Waals surface area (Å²) in [6.07, 6.45) is 4.77. The van der Waals surface area contributed by atoms with Gasteiger partial charge in [0.15, 0.2) is 0 Å². The molecule has 1 fully saturated rings. The lowest BCUT2D eigenvalue weighted by molar-refractivity contribution is 0.147. The third-order valence-electron chi connectivity index (χ3n) is 3.21. The average Bonchev–Trinajstić information content (AvgIpc) is 2.27. The molecule has 1 rings (SSSR count). The van der Waals surface area contributed by atoms with Crippen LogP contribution in [-0.2, 0) is 0 Å². The van der Waals surface area contributed by atoms with Gasteiger partial charge < -0.3 is 15.3 Å². The molecule has 1 aliphatic rings. The first-order chi connectivity index (χ1) is 7.72. The first-order valence-corrected chi connectivity index (χ1v) is 6.39. The number of likely N-dealkylation sites (tertiary alicyclic amines) is 1. The highest BCUT2D eigenvalue weighted by atomic mass is 16.3. The van der Waals surface area contributed by atoms with Crippen LogP contribution in [0.2, 0.25) is 0 Å². The summed E-state index contributed by atoms with van der Waals surface area (Å²) in [6.45, 7) is 9.84. The molecule has 1 saturated heterocycles. The highest BCUT2D eigenvalue weighted by molar-refractivity contribution is 4.94. The Hall–Kier alpha value is -0.380. The van der Waals surface area contributed by atoms with Crippen LogP contribution >= 0.6 is 0 Å². The van der Waals surface area contributed by atoms with E-state index in [4.69, 9.17) is 5.11 Å². The summed E-state index contributed by atoms with van der Waals surface area (Å²) in [5.41, 5.74) is 1.38. The van der Waals surface area contributed by atoms with Gasteiger partial charge in [-0.3, -0.25) is 0 Å². The molecule has 0 bridgehead atoms. The van der Waals surface area contributed by atoms with Crippen molar-refractivity contribution in [1.82, 2.24) is 10.2 Å². The van der Waals surface area contributed by atoms with Crippen molar-refractivity contribution in [3.05, 3.63) is 11.6 Å². The summed E-state index contributed by atoms with van der Waals surface area (Å²) < 4.78 is 0. The number of hydrogen-bond acceptors (Lipinski definition) is 3. The van der Waals surface area contributed by atoms with Crippen molar-refractivity contribution >= 4 is 0 Å². The van der Waals surface area contributed by atoms with Crippen molar-refractivity contribution < 1.29 is 5.11 Å². The van der Waals surface area contributed by atoms with Crippen LogP contribution in [0.25, 0.3) is 0 Å². The second-order valence-corrected chi connectivity index (χ2v) is 4.95. The van der Waals surface area contributed by atoms with Gasteiger partial charge in [-0.2, -0.15) is 0 Å². The summed E-state index contributed by atoms with van der Waals surface area (Å²) in [4.78, 5) is 2.35. The van der Waals surface area contributed by atoms with Crippen LogP contribution in [0.1, 0.15) is 26.7 Å². The molecule has 94 valence electrons. The van der Waals surface area contributed by atoms with E-state index in [0.29, 0.717) is 6.61 Å². The van der Waals surface area contributed by atoms with E-state index in [9.17, 15) is 0 Å². The lowest BCUT2D eigenvalue weighted by Gasteiger charge is -2.31. The molecule has 3 nitrogen and oxygen atoms in total. The molecule has 0 aromatic heterocycles. The highest BCUT2D eigenvalue weighted by Gasteiger charge is 2.17. The number of aliphatic hydroxyl groups excluding tert-OH is 1. The van der Waals surface area contributed by atoms with E-state index in [1.807, 2.05) is 0 Å².